The van der Waals surface area contributed by atoms with E-state index in [0.29, 0.717) is 11.1 Å². The minimum atomic E-state index is -1.74. The number of ether oxygens (including phenoxy) is 1. The lowest BCUT2D eigenvalue weighted by molar-refractivity contribution is 0.0999. The molecule has 0 fully saturated rings. The maximum atomic E-state index is 12.3. The van der Waals surface area contributed by atoms with Crippen molar-refractivity contribution >= 4 is 6.09 Å². The van der Waals surface area contributed by atoms with Crippen molar-refractivity contribution in [1.29, 1.82) is 15.8 Å². The molecule has 8 heteroatoms. The Bertz CT molecular complexity index is 963. The molecule has 2 atom stereocenters. The second kappa shape index (κ2) is 7.42. The third-order valence-electron chi connectivity index (χ3n) is 5.23. The number of pyridine rings is 1. The van der Waals surface area contributed by atoms with Crippen LogP contribution in [0.1, 0.15) is 18.4 Å². The summed E-state index contributed by atoms with van der Waals surface area (Å²) in [5, 5.41) is 29.6. The highest BCUT2D eigenvalue weighted by molar-refractivity contribution is 5.69. The molecule has 8 nitrogen and oxygen atoms in total. The molecular formula is C20H18N6O2. The molecule has 0 bridgehead atoms. The number of allylic oxidation sites excluding steroid dienone is 2. The summed E-state index contributed by atoms with van der Waals surface area (Å²) in [6.07, 6.45) is 4.44. The largest absolute Gasteiger partial charge is 0.450 e. The highest BCUT2D eigenvalue weighted by Gasteiger charge is 2.54. The maximum absolute atomic E-state index is 12.3. The summed E-state index contributed by atoms with van der Waals surface area (Å²) in [7, 11) is 0. The smallest absolute Gasteiger partial charge is 0.410 e. The number of nitrogens with zero attached hydrogens (tertiary/aromatic N) is 5. The van der Waals surface area contributed by atoms with Gasteiger partial charge in [0, 0.05) is 37.3 Å². The molecule has 3 rings (SSSR count). The predicted octanol–water partition coefficient (Wildman–Crippen LogP) is 1.96. The quantitative estimate of drug-likeness (QED) is 0.834. The highest BCUT2D eigenvalue weighted by atomic mass is 16.6. The van der Waals surface area contributed by atoms with Crippen LogP contribution in [0.5, 0.6) is 0 Å². The fraction of sp³-hybridized carbons (Fsp3) is 0.350. The first kappa shape index (κ1) is 18.9. The van der Waals surface area contributed by atoms with Crippen LogP contribution in [0.4, 0.5) is 4.79 Å². The van der Waals surface area contributed by atoms with E-state index in [1.54, 1.807) is 37.5 Å². The zero-order valence-corrected chi connectivity index (χ0v) is 15.3. The number of aromatic nitrogens is 1. The van der Waals surface area contributed by atoms with Gasteiger partial charge < -0.3 is 15.4 Å². The number of carbonyl (C=O) groups is 1. The Morgan fingerprint density at radius 1 is 1.43 bits per heavy atom. The van der Waals surface area contributed by atoms with Gasteiger partial charge in [0.2, 0.25) is 0 Å². The van der Waals surface area contributed by atoms with Gasteiger partial charge in [-0.2, -0.15) is 15.8 Å². The molecule has 2 aliphatic rings. The fourth-order valence-electron chi connectivity index (χ4n) is 3.98. The van der Waals surface area contributed by atoms with Gasteiger partial charge >= 0.3 is 6.09 Å². The second-order valence-electron chi connectivity index (χ2n) is 6.57. The van der Waals surface area contributed by atoms with Crippen LogP contribution in [-0.4, -0.2) is 35.7 Å². The molecule has 1 aromatic rings. The van der Waals surface area contributed by atoms with Gasteiger partial charge in [-0.15, -0.1) is 0 Å². The molecule has 28 heavy (non-hydrogen) atoms. The minimum absolute atomic E-state index is 0.0547. The van der Waals surface area contributed by atoms with Gasteiger partial charge in [0.25, 0.3) is 0 Å². The summed E-state index contributed by atoms with van der Waals surface area (Å²) in [4.78, 5) is 17.9. The van der Waals surface area contributed by atoms with Crippen LogP contribution >= 0.6 is 0 Å². The van der Waals surface area contributed by atoms with Gasteiger partial charge in [-0.3, -0.25) is 4.98 Å². The van der Waals surface area contributed by atoms with E-state index >= 15 is 0 Å². The van der Waals surface area contributed by atoms with E-state index in [-0.39, 0.29) is 31.0 Å². The summed E-state index contributed by atoms with van der Waals surface area (Å²) in [6, 6.07) is 9.63. The topological polar surface area (TPSA) is 140 Å². The van der Waals surface area contributed by atoms with Crippen LogP contribution in [0.3, 0.4) is 0 Å². The molecule has 0 unspecified atom stereocenters. The molecule has 0 aromatic carbocycles. The van der Waals surface area contributed by atoms with Gasteiger partial charge in [0.05, 0.1) is 30.0 Å². The minimum Gasteiger partial charge on any atom is -0.450 e. The number of nitrogens with two attached hydrogens (primary N) is 1. The normalized spacial score (nSPS) is 22.8. The Labute approximate surface area is 162 Å². The second-order valence-corrected chi connectivity index (χ2v) is 6.57. The first-order valence-electron chi connectivity index (χ1n) is 8.78. The molecule has 2 heterocycles. The number of nitriles is 3. The van der Waals surface area contributed by atoms with Gasteiger partial charge in [-0.25, -0.2) is 4.79 Å². The standard InChI is InChI=1S/C20H18N6O2/c1-2-28-19(27)26-7-5-14-15(8-21)18(24)20(11-22,12-23)17(16(14)10-26)13-4-3-6-25-9-13/h3-6,9,16-17H,2,7,10,24H2,1H3/t16-,17+/m1/s1. The SMILES string of the molecule is CCOC(=O)N1CC=C2C(C#N)=C(N)C(C#N)(C#N)[C@@H](c3cccnc3)[C@@H]2C1. The van der Waals surface area contributed by atoms with Gasteiger partial charge in [-0.05, 0) is 24.1 Å². The molecule has 0 radical (unpaired) electrons. The van der Waals surface area contributed by atoms with Gasteiger partial charge in [0.15, 0.2) is 5.41 Å². The van der Waals surface area contributed by atoms with Crippen molar-refractivity contribution < 1.29 is 9.53 Å². The Kier molecular flexibility index (Phi) is 5.02. The average molecular weight is 374 g/mol. The Balaban J connectivity index is 2.22. The summed E-state index contributed by atoms with van der Waals surface area (Å²) < 4.78 is 5.09. The number of fused-ring (bicyclic) bond motifs is 1. The van der Waals surface area contributed by atoms with E-state index in [9.17, 15) is 20.6 Å². The fourth-order valence-corrected chi connectivity index (χ4v) is 3.98. The van der Waals surface area contributed by atoms with Crippen molar-refractivity contribution in [3.8, 4) is 18.2 Å². The van der Waals surface area contributed by atoms with Crippen molar-refractivity contribution in [2.24, 2.45) is 17.1 Å². The van der Waals surface area contributed by atoms with E-state index in [4.69, 9.17) is 10.5 Å². The zero-order chi connectivity index (χ0) is 20.3. The summed E-state index contributed by atoms with van der Waals surface area (Å²) in [6.45, 7) is 2.41. The van der Waals surface area contributed by atoms with Gasteiger partial charge in [0.1, 0.15) is 6.07 Å². The zero-order valence-electron chi connectivity index (χ0n) is 15.3. The lowest BCUT2D eigenvalue weighted by Crippen LogP contribution is -2.49. The molecule has 1 amide bonds. The Morgan fingerprint density at radius 2 is 2.18 bits per heavy atom. The summed E-state index contributed by atoms with van der Waals surface area (Å²) in [5.41, 5.74) is 5.85. The Morgan fingerprint density at radius 3 is 2.75 bits per heavy atom. The van der Waals surface area contributed by atoms with E-state index in [1.165, 1.54) is 4.90 Å². The first-order chi connectivity index (χ1) is 13.5. The predicted molar refractivity (Wildman–Crippen MR) is 97.6 cm³/mol. The van der Waals surface area contributed by atoms with Crippen molar-refractivity contribution in [3.63, 3.8) is 0 Å². The van der Waals surface area contributed by atoms with Crippen LogP contribution in [0.2, 0.25) is 0 Å². The van der Waals surface area contributed by atoms with Crippen LogP contribution in [-0.2, 0) is 4.74 Å². The third kappa shape index (κ3) is 2.74. The van der Waals surface area contributed by atoms with Crippen molar-refractivity contribution in [2.75, 3.05) is 19.7 Å². The van der Waals surface area contributed by atoms with Crippen LogP contribution in [0.15, 0.2) is 47.4 Å². The number of rotatable bonds is 2. The average Bonchev–Trinajstić information content (AvgIpc) is 2.73. The molecule has 1 aliphatic carbocycles. The maximum Gasteiger partial charge on any atom is 0.410 e. The Hall–Kier alpha value is -3.83. The number of hydrogen-bond donors (Lipinski definition) is 1. The molecule has 140 valence electrons. The lowest BCUT2D eigenvalue weighted by atomic mass is 9.58. The summed E-state index contributed by atoms with van der Waals surface area (Å²) >= 11 is 0. The monoisotopic (exact) mass is 374 g/mol. The molecule has 0 spiro atoms. The van der Waals surface area contributed by atoms with Crippen LogP contribution in [0, 0.1) is 45.3 Å². The number of carbonyl (C=O) groups excluding carboxylic acids is 1. The van der Waals surface area contributed by atoms with Crippen molar-refractivity contribution in [1.82, 2.24) is 9.88 Å². The van der Waals surface area contributed by atoms with E-state index in [2.05, 4.69) is 11.1 Å². The molecule has 0 saturated carbocycles. The third-order valence-corrected chi connectivity index (χ3v) is 5.23. The number of hydrogen-bond acceptors (Lipinski definition) is 7. The van der Waals surface area contributed by atoms with Gasteiger partial charge in [-0.1, -0.05) is 12.1 Å². The van der Waals surface area contributed by atoms with Crippen molar-refractivity contribution in [2.45, 2.75) is 12.8 Å². The van der Waals surface area contributed by atoms with E-state index < -0.39 is 23.3 Å². The van der Waals surface area contributed by atoms with Crippen LogP contribution < -0.4 is 5.73 Å². The molecular weight excluding hydrogens is 356 g/mol. The first-order valence-corrected chi connectivity index (χ1v) is 8.78. The van der Waals surface area contributed by atoms with E-state index in [1.807, 2.05) is 12.1 Å². The molecule has 1 aliphatic heterocycles. The van der Waals surface area contributed by atoms with Crippen molar-refractivity contribution in [3.05, 3.63) is 53.0 Å². The number of amides is 1. The lowest BCUT2D eigenvalue weighted by Gasteiger charge is -2.45. The molecule has 0 saturated heterocycles. The molecule has 1 aromatic heterocycles. The highest BCUT2D eigenvalue weighted by Crippen LogP contribution is 2.53. The molecule has 2 N–H and O–H groups in total. The van der Waals surface area contributed by atoms with Crippen LogP contribution in [0.25, 0.3) is 0 Å². The van der Waals surface area contributed by atoms with E-state index in [0.717, 1.165) is 0 Å². The summed E-state index contributed by atoms with van der Waals surface area (Å²) in [5.74, 6) is -1.15.